The van der Waals surface area contributed by atoms with Gasteiger partial charge in [-0.05, 0) is 12.1 Å². The second-order valence-electron chi connectivity index (χ2n) is 4.97. The SMILES string of the molecule is CNc1ccccc1C(N)=O.N[C@@H]1[C@@H](O)[C@H](O)[C@@H](CO)O[C@H]1O. The molecule has 9 nitrogen and oxygen atoms in total. The fourth-order valence-corrected chi connectivity index (χ4v) is 2.03. The maximum absolute atomic E-state index is 10.8. The molecule has 1 aliphatic heterocycles. The number of nitrogens with two attached hydrogens (primary N) is 2. The highest BCUT2D eigenvalue weighted by molar-refractivity contribution is 5.98. The monoisotopic (exact) mass is 329 g/mol. The molecule has 1 saturated heterocycles. The van der Waals surface area contributed by atoms with E-state index in [1.54, 1.807) is 25.2 Å². The van der Waals surface area contributed by atoms with E-state index >= 15 is 0 Å². The van der Waals surface area contributed by atoms with Crippen LogP contribution in [0.2, 0.25) is 0 Å². The van der Waals surface area contributed by atoms with E-state index in [4.69, 9.17) is 26.4 Å². The Morgan fingerprint density at radius 1 is 1.26 bits per heavy atom. The van der Waals surface area contributed by atoms with Crippen molar-refractivity contribution in [3.63, 3.8) is 0 Å². The number of anilines is 1. The molecule has 0 unspecified atom stereocenters. The van der Waals surface area contributed by atoms with Gasteiger partial charge in [0.05, 0.1) is 18.2 Å². The van der Waals surface area contributed by atoms with E-state index in [2.05, 4.69) is 5.32 Å². The number of ether oxygens (including phenoxy) is 1. The Morgan fingerprint density at radius 3 is 2.35 bits per heavy atom. The number of carbonyl (C=O) groups is 1. The highest BCUT2D eigenvalue weighted by atomic mass is 16.6. The molecular formula is C14H23N3O6. The van der Waals surface area contributed by atoms with E-state index in [0.717, 1.165) is 5.69 Å². The van der Waals surface area contributed by atoms with Crippen LogP contribution in [0, 0.1) is 0 Å². The van der Waals surface area contributed by atoms with Crippen LogP contribution in [-0.2, 0) is 4.74 Å². The number of hydrogen-bond donors (Lipinski definition) is 7. The van der Waals surface area contributed by atoms with Crippen molar-refractivity contribution in [1.29, 1.82) is 0 Å². The van der Waals surface area contributed by atoms with E-state index in [1.165, 1.54) is 0 Å². The first-order valence-corrected chi connectivity index (χ1v) is 6.96. The van der Waals surface area contributed by atoms with Crippen molar-refractivity contribution in [1.82, 2.24) is 0 Å². The number of aliphatic hydroxyl groups excluding tert-OH is 4. The zero-order valence-electron chi connectivity index (χ0n) is 12.7. The zero-order valence-corrected chi connectivity index (χ0v) is 12.7. The zero-order chi connectivity index (χ0) is 17.6. The predicted molar refractivity (Wildman–Crippen MR) is 82.5 cm³/mol. The van der Waals surface area contributed by atoms with Gasteiger partial charge in [-0.2, -0.15) is 0 Å². The van der Waals surface area contributed by atoms with E-state index in [1.807, 2.05) is 6.07 Å². The highest BCUT2D eigenvalue weighted by Crippen LogP contribution is 2.17. The summed E-state index contributed by atoms with van der Waals surface area (Å²) in [4.78, 5) is 10.8. The number of benzene rings is 1. The summed E-state index contributed by atoms with van der Waals surface area (Å²) in [6.45, 7) is -0.470. The number of primary amides is 1. The van der Waals surface area contributed by atoms with E-state index in [9.17, 15) is 15.0 Å². The highest BCUT2D eigenvalue weighted by Gasteiger charge is 2.41. The number of hydrogen-bond acceptors (Lipinski definition) is 8. The molecule has 0 spiro atoms. The van der Waals surface area contributed by atoms with Crippen molar-refractivity contribution in [3.05, 3.63) is 29.8 Å². The molecule has 0 radical (unpaired) electrons. The Balaban J connectivity index is 0.000000231. The summed E-state index contributed by atoms with van der Waals surface area (Å²) in [6, 6.07) is 6.08. The second-order valence-corrected chi connectivity index (χ2v) is 4.97. The van der Waals surface area contributed by atoms with Gasteiger partial charge in [0.1, 0.15) is 18.3 Å². The molecule has 23 heavy (non-hydrogen) atoms. The normalized spacial score (nSPS) is 30.1. The quantitative estimate of drug-likeness (QED) is 0.321. The molecule has 1 fully saturated rings. The lowest BCUT2D eigenvalue weighted by Gasteiger charge is -2.38. The van der Waals surface area contributed by atoms with E-state index in [0.29, 0.717) is 5.56 Å². The van der Waals surface area contributed by atoms with Crippen molar-refractivity contribution < 1.29 is 30.0 Å². The van der Waals surface area contributed by atoms with Gasteiger partial charge in [-0.3, -0.25) is 4.79 Å². The van der Waals surface area contributed by atoms with Gasteiger partial charge in [0, 0.05) is 12.7 Å². The fourth-order valence-electron chi connectivity index (χ4n) is 2.03. The molecule has 1 aliphatic rings. The summed E-state index contributed by atoms with van der Waals surface area (Å²) in [6.07, 6.45) is -4.85. The van der Waals surface area contributed by atoms with Crippen LogP contribution in [0.15, 0.2) is 24.3 Å². The van der Waals surface area contributed by atoms with E-state index < -0.39 is 43.2 Å². The maximum atomic E-state index is 10.8. The molecule has 9 N–H and O–H groups in total. The van der Waals surface area contributed by atoms with Crippen molar-refractivity contribution in [2.24, 2.45) is 11.5 Å². The number of nitrogens with one attached hydrogen (secondary N) is 1. The molecule has 5 atom stereocenters. The van der Waals surface area contributed by atoms with Crippen LogP contribution in [-0.4, -0.2) is 70.6 Å². The Bertz CT molecular complexity index is 510. The van der Waals surface area contributed by atoms with Gasteiger partial charge >= 0.3 is 0 Å². The van der Waals surface area contributed by atoms with Crippen molar-refractivity contribution in [2.75, 3.05) is 19.0 Å². The summed E-state index contributed by atoms with van der Waals surface area (Å²) in [7, 11) is 1.75. The predicted octanol–water partition coefficient (Wildman–Crippen LogP) is -2.43. The number of amides is 1. The Kier molecular flexibility index (Phi) is 7.36. The summed E-state index contributed by atoms with van der Waals surface area (Å²) in [5.74, 6) is -0.407. The summed E-state index contributed by atoms with van der Waals surface area (Å²) >= 11 is 0. The first-order chi connectivity index (χ1) is 10.8. The first kappa shape index (κ1) is 19.3. The van der Waals surface area contributed by atoms with Gasteiger partial charge in [0.25, 0.3) is 5.91 Å². The topological polar surface area (TPSA) is 171 Å². The van der Waals surface area contributed by atoms with Crippen molar-refractivity contribution in [3.8, 4) is 0 Å². The largest absolute Gasteiger partial charge is 0.394 e. The number of para-hydroxylation sites is 1. The van der Waals surface area contributed by atoms with Crippen LogP contribution < -0.4 is 16.8 Å². The second kappa shape index (κ2) is 8.77. The molecule has 1 amide bonds. The third kappa shape index (κ3) is 4.86. The molecule has 1 aromatic rings. The molecule has 1 aromatic carbocycles. The maximum Gasteiger partial charge on any atom is 0.250 e. The van der Waals surface area contributed by atoms with Crippen LogP contribution in [0.4, 0.5) is 5.69 Å². The van der Waals surface area contributed by atoms with Gasteiger partial charge < -0.3 is 41.9 Å². The average Bonchev–Trinajstić information content (AvgIpc) is 2.56. The minimum Gasteiger partial charge on any atom is -0.394 e. The van der Waals surface area contributed by atoms with Crippen LogP contribution in [0.5, 0.6) is 0 Å². The van der Waals surface area contributed by atoms with Crippen LogP contribution >= 0.6 is 0 Å². The minimum absolute atomic E-state index is 0.407. The molecule has 130 valence electrons. The minimum atomic E-state index is -1.35. The van der Waals surface area contributed by atoms with Gasteiger partial charge in [-0.15, -0.1) is 0 Å². The Morgan fingerprint density at radius 2 is 1.87 bits per heavy atom. The lowest BCUT2D eigenvalue weighted by molar-refractivity contribution is -0.248. The standard InChI is InChI=1S/C8H10N2O.C6H13NO5/c1-10-7-5-3-2-4-6(7)8(9)11;7-3-5(10)4(9)2(1-8)12-6(3)11/h2-5,10H,1H3,(H2,9,11);2-6,8-11H,1,7H2/t;2-,3-,4-,5-,6-/m.1/s1. The summed E-state index contributed by atoms with van der Waals surface area (Å²) in [5.41, 5.74) is 11.7. The number of carbonyl (C=O) groups excluding carboxylic acids is 1. The Hall–Kier alpha value is -1.75. The third-order valence-electron chi connectivity index (χ3n) is 3.41. The molecule has 0 bridgehead atoms. The average molecular weight is 329 g/mol. The summed E-state index contributed by atoms with van der Waals surface area (Å²) in [5, 5.41) is 38.9. The lowest BCUT2D eigenvalue weighted by Crippen LogP contribution is -2.61. The van der Waals surface area contributed by atoms with Crippen molar-refractivity contribution in [2.45, 2.75) is 30.6 Å². The molecule has 0 saturated carbocycles. The first-order valence-electron chi connectivity index (χ1n) is 6.96. The molecular weight excluding hydrogens is 306 g/mol. The fraction of sp³-hybridized carbons (Fsp3) is 0.500. The van der Waals surface area contributed by atoms with Crippen LogP contribution in [0.25, 0.3) is 0 Å². The lowest BCUT2D eigenvalue weighted by atomic mass is 9.98. The van der Waals surface area contributed by atoms with Gasteiger partial charge in [0.15, 0.2) is 6.29 Å². The molecule has 9 heteroatoms. The van der Waals surface area contributed by atoms with Crippen LogP contribution in [0.1, 0.15) is 10.4 Å². The molecule has 0 aromatic heterocycles. The Labute approximate surface area is 133 Å². The van der Waals surface area contributed by atoms with Crippen molar-refractivity contribution >= 4 is 11.6 Å². The third-order valence-corrected chi connectivity index (χ3v) is 3.41. The van der Waals surface area contributed by atoms with Gasteiger partial charge in [-0.25, -0.2) is 0 Å². The van der Waals surface area contributed by atoms with Gasteiger partial charge in [0.2, 0.25) is 0 Å². The molecule has 2 rings (SSSR count). The summed E-state index contributed by atoms with van der Waals surface area (Å²) < 4.78 is 4.70. The molecule has 1 heterocycles. The van der Waals surface area contributed by atoms with Crippen LogP contribution in [0.3, 0.4) is 0 Å². The molecule has 0 aliphatic carbocycles. The van der Waals surface area contributed by atoms with Gasteiger partial charge in [-0.1, -0.05) is 12.1 Å². The number of rotatable bonds is 3. The smallest absolute Gasteiger partial charge is 0.250 e. The van der Waals surface area contributed by atoms with E-state index in [-0.39, 0.29) is 0 Å². The number of aliphatic hydroxyl groups is 4.